The maximum Gasteiger partial charge on any atom is 0.248 e. The highest BCUT2D eigenvalue weighted by Crippen LogP contribution is 2.31. The lowest BCUT2D eigenvalue weighted by Gasteiger charge is -2.20. The molecule has 0 bridgehead atoms. The molecule has 0 amide bonds. The Hall–Kier alpha value is -8.71. The Morgan fingerprint density at radius 1 is 0.380 bits per heavy atom. The second-order valence-electron chi connectivity index (χ2n) is 33.2. The van der Waals surface area contributed by atoms with E-state index in [4.69, 9.17) is 11.6 Å². The van der Waals surface area contributed by atoms with Crippen LogP contribution in [0, 0.1) is 20.8 Å². The van der Waals surface area contributed by atoms with Crippen molar-refractivity contribution in [1.82, 2.24) is 25.6 Å². The summed E-state index contributed by atoms with van der Waals surface area (Å²) in [7, 11) is 0. The first-order valence-electron chi connectivity index (χ1n) is 35.3. The summed E-state index contributed by atoms with van der Waals surface area (Å²) < 4.78 is 0. The van der Waals surface area contributed by atoms with Crippen LogP contribution in [0.15, 0.2) is 249 Å². The van der Waals surface area contributed by atoms with Crippen molar-refractivity contribution in [3.8, 4) is 11.1 Å². The highest BCUT2D eigenvalue weighted by molar-refractivity contribution is 6.31. The first-order valence-corrected chi connectivity index (χ1v) is 35.7. The molecular formula is C93H122ClN5O. The van der Waals surface area contributed by atoms with Crippen molar-refractivity contribution in [3.05, 3.63) is 338 Å². The molecule has 8 aromatic carbocycles. The molecule has 0 spiro atoms. The maximum atomic E-state index is 11.3. The number of aryl methyl sites for hydroxylation is 3. The van der Waals surface area contributed by atoms with E-state index >= 15 is 0 Å². The van der Waals surface area contributed by atoms with E-state index in [0.29, 0.717) is 13.1 Å². The number of rotatable bonds is 9. The van der Waals surface area contributed by atoms with Crippen LogP contribution in [0.2, 0.25) is 5.02 Å². The predicted molar refractivity (Wildman–Crippen MR) is 438 cm³/mol. The van der Waals surface area contributed by atoms with Crippen LogP contribution in [0.4, 0.5) is 0 Å². The number of halogens is 1. The van der Waals surface area contributed by atoms with Crippen molar-refractivity contribution >= 4 is 23.0 Å². The number of nitrogens with zero attached hydrogens (tertiary/aromatic N) is 1. The number of benzene rings is 8. The lowest BCUT2D eigenvalue weighted by Crippen LogP contribution is -2.16. The topological polar surface area (TPSA) is 85.6 Å². The number of hydrogen-bond donors (Lipinski definition) is 4. The molecule has 4 N–H and O–H groups in total. The van der Waals surface area contributed by atoms with Gasteiger partial charge in [0.15, 0.2) is 0 Å². The van der Waals surface area contributed by atoms with E-state index in [2.05, 4.69) is 369 Å². The summed E-state index contributed by atoms with van der Waals surface area (Å²) in [4.78, 5) is 21.3. The second kappa shape index (κ2) is 37.6. The Kier molecular flexibility index (Phi) is 31.5. The number of imidazole rings is 1. The van der Waals surface area contributed by atoms with Crippen LogP contribution in [0.3, 0.4) is 0 Å². The average Bonchev–Trinajstić information content (AvgIpc) is 0.887. The van der Waals surface area contributed by atoms with Crippen LogP contribution < -0.4 is 16.2 Å². The molecule has 2 aromatic heterocycles. The average molecular weight is 1360 g/mol. The van der Waals surface area contributed by atoms with Gasteiger partial charge in [0.1, 0.15) is 5.82 Å². The van der Waals surface area contributed by atoms with Crippen molar-refractivity contribution in [3.63, 3.8) is 0 Å². The van der Waals surface area contributed by atoms with Gasteiger partial charge in [-0.05, 0) is 144 Å². The molecule has 0 radical (unpaired) electrons. The third kappa shape index (κ3) is 30.4. The minimum atomic E-state index is -0.0883. The summed E-state index contributed by atoms with van der Waals surface area (Å²) in [6, 6.07) is 75.5. The summed E-state index contributed by atoms with van der Waals surface area (Å²) in [5, 5.41) is 7.41. The lowest BCUT2D eigenvalue weighted by molar-refractivity contribution is 0.589. The molecule has 100 heavy (non-hydrogen) atoms. The molecule has 0 unspecified atom stereocenters. The van der Waals surface area contributed by atoms with Gasteiger partial charge >= 0.3 is 0 Å². The highest BCUT2D eigenvalue weighted by atomic mass is 35.5. The fourth-order valence-electron chi connectivity index (χ4n) is 10.0. The zero-order chi connectivity index (χ0) is 74.9. The number of aromatic nitrogens is 3. The van der Waals surface area contributed by atoms with E-state index in [0.717, 1.165) is 39.1 Å². The Balaban J connectivity index is 0.000000252. The number of aromatic amines is 2. The van der Waals surface area contributed by atoms with Crippen molar-refractivity contribution in [1.29, 1.82) is 0 Å². The van der Waals surface area contributed by atoms with E-state index in [-0.39, 0.29) is 43.5 Å². The van der Waals surface area contributed by atoms with Crippen LogP contribution in [0.1, 0.15) is 224 Å². The van der Waals surface area contributed by atoms with Crippen molar-refractivity contribution < 1.29 is 0 Å². The molecule has 7 heteroatoms. The first kappa shape index (κ1) is 83.7. The Bertz CT molecular complexity index is 4050. The van der Waals surface area contributed by atoms with Crippen LogP contribution in [0.25, 0.3) is 22.5 Å². The molecule has 0 aliphatic carbocycles. The first-order chi connectivity index (χ1) is 46.4. The van der Waals surface area contributed by atoms with Gasteiger partial charge in [0.25, 0.3) is 0 Å². The standard InChI is InChI=1S/C18H22N2O.C16H21N3.C16H18.3C11H16.C10H13Cl/c1-13(19-12-16-9-6-10-17(21)20-16)14-7-5-8-15(11-14)18(2,3)4;1-12(19-11-15-17-8-9-18-15)13-6-5-7-14(10-13)16(2,3)4;1-16(2,3)15-11-9-14(10-12-15)13-7-5-4-6-8-13;2*1-9-5-7-10(8-6-9)11(2,3)4;1-9-6-5-7-10(8-9)11(2,3)4;1-10(2,3)8-6-4-5-7-9(8)11/h5-11,19H,1,12H2,2-4H3,(H,20,21);5-10,19H,1,11H2,2-4H3,(H,17,18);4-12H,1-3H3;3*5-8H,1-4H3;4-7H,1-3H3. The van der Waals surface area contributed by atoms with E-state index in [1.165, 1.54) is 72.8 Å². The van der Waals surface area contributed by atoms with Gasteiger partial charge < -0.3 is 20.6 Å². The van der Waals surface area contributed by atoms with E-state index in [1.54, 1.807) is 12.3 Å². The van der Waals surface area contributed by atoms with Gasteiger partial charge in [0.05, 0.1) is 13.1 Å². The molecule has 0 aliphatic heterocycles. The fourth-order valence-corrected chi connectivity index (χ4v) is 10.4. The fraction of sp³-hybridized carbons (Fsp3) is 0.355. The predicted octanol–water partition coefficient (Wildman–Crippen LogP) is 25.1. The van der Waals surface area contributed by atoms with Gasteiger partial charge in [-0.15, -0.1) is 0 Å². The summed E-state index contributed by atoms with van der Waals surface area (Å²) in [6.07, 6.45) is 3.57. The van der Waals surface area contributed by atoms with Gasteiger partial charge in [-0.1, -0.05) is 375 Å². The number of H-pyrrole nitrogens is 2. The minimum Gasteiger partial charge on any atom is -0.379 e. The minimum absolute atomic E-state index is 0.0883. The lowest BCUT2D eigenvalue weighted by atomic mass is 9.86. The Morgan fingerprint density at radius 3 is 1.13 bits per heavy atom. The molecule has 6 nitrogen and oxygen atoms in total. The molecule has 0 saturated carbocycles. The van der Waals surface area contributed by atoms with Crippen LogP contribution in [-0.2, 0) is 51.0 Å². The van der Waals surface area contributed by atoms with Crippen molar-refractivity contribution in [2.45, 2.75) is 217 Å². The quantitative estimate of drug-likeness (QED) is 0.116. The van der Waals surface area contributed by atoms with Crippen LogP contribution in [-0.4, -0.2) is 15.0 Å². The summed E-state index contributed by atoms with van der Waals surface area (Å²) >= 11 is 6.01. The smallest absolute Gasteiger partial charge is 0.248 e. The SMILES string of the molecule is C=C(NCc1cccc(=O)[nH]1)c1cccc(C(C)(C)C)c1.C=C(NCc1ncc[nH]1)c1cccc(C(C)(C)C)c1.CC(C)(C)c1ccc(-c2ccccc2)cc1.CC(C)(C)c1ccccc1Cl.Cc1ccc(C(C)(C)C)cc1.Cc1ccc(C(C)(C)C)cc1.Cc1cccc(C(C)(C)C)c1. The van der Waals surface area contributed by atoms with Crippen molar-refractivity contribution in [2.75, 3.05) is 0 Å². The molecule has 0 atom stereocenters. The third-order valence-electron chi connectivity index (χ3n) is 16.8. The number of hydrogen-bond acceptors (Lipinski definition) is 4. The zero-order valence-corrected chi connectivity index (χ0v) is 66.3. The number of nitrogens with one attached hydrogen (secondary N) is 4. The largest absolute Gasteiger partial charge is 0.379 e. The van der Waals surface area contributed by atoms with Crippen molar-refractivity contribution in [2.24, 2.45) is 0 Å². The maximum absolute atomic E-state index is 11.3. The molecule has 0 fully saturated rings. The van der Waals surface area contributed by atoms with Gasteiger partial charge in [0.2, 0.25) is 5.56 Å². The highest BCUT2D eigenvalue weighted by Gasteiger charge is 2.19. The molecule has 10 rings (SSSR count). The van der Waals surface area contributed by atoms with Gasteiger partial charge in [-0.2, -0.15) is 0 Å². The van der Waals surface area contributed by atoms with Gasteiger partial charge in [-0.25, -0.2) is 4.98 Å². The van der Waals surface area contributed by atoms with Gasteiger partial charge in [-0.3, -0.25) is 4.79 Å². The summed E-state index contributed by atoms with van der Waals surface area (Å²) in [6.45, 7) is 62.3. The normalized spacial score (nSPS) is 11.4. The van der Waals surface area contributed by atoms with E-state index in [1.807, 2.05) is 48.7 Å². The van der Waals surface area contributed by atoms with Crippen LogP contribution in [0.5, 0.6) is 0 Å². The second-order valence-corrected chi connectivity index (χ2v) is 33.6. The molecule has 0 aliphatic rings. The van der Waals surface area contributed by atoms with E-state index in [9.17, 15) is 4.79 Å². The summed E-state index contributed by atoms with van der Waals surface area (Å²) in [5.41, 5.74) is 22.2. The molecule has 10 aromatic rings. The molecule has 532 valence electrons. The van der Waals surface area contributed by atoms with Crippen LogP contribution >= 0.6 is 11.6 Å². The molecular weight excluding hydrogens is 1240 g/mol. The zero-order valence-electron chi connectivity index (χ0n) is 65.5. The molecule has 2 heterocycles. The summed E-state index contributed by atoms with van der Waals surface area (Å²) in [5.74, 6) is 0.910. The Labute approximate surface area is 610 Å². The third-order valence-corrected chi connectivity index (χ3v) is 17.1. The Morgan fingerprint density at radius 2 is 0.760 bits per heavy atom. The van der Waals surface area contributed by atoms with Gasteiger partial charge in [0, 0.05) is 40.6 Å². The molecule has 0 saturated heterocycles. The van der Waals surface area contributed by atoms with E-state index < -0.39 is 0 Å². The monoisotopic (exact) mass is 1360 g/mol. The number of pyridine rings is 1.